The molecule has 1 aliphatic rings. The van der Waals surface area contributed by atoms with Gasteiger partial charge in [0.05, 0.1) is 6.26 Å². The monoisotopic (exact) mass is 395 g/mol. The molecular formula is C22H25N3O4. The molecule has 0 unspecified atom stereocenters. The first-order chi connectivity index (χ1) is 14.0. The van der Waals surface area contributed by atoms with Crippen LogP contribution >= 0.6 is 0 Å². The number of likely N-dealkylation sites (tertiary alicyclic amines) is 1. The molecule has 0 radical (unpaired) electrons. The highest BCUT2D eigenvalue weighted by Crippen LogP contribution is 2.17. The van der Waals surface area contributed by atoms with Crippen LogP contribution in [0.1, 0.15) is 24.2 Å². The second kappa shape index (κ2) is 9.73. The van der Waals surface area contributed by atoms with Gasteiger partial charge in [0.15, 0.2) is 0 Å². The first-order valence-electron chi connectivity index (χ1n) is 9.68. The maximum atomic E-state index is 12.2. The number of furan rings is 1. The number of amides is 3. The number of nitrogens with one attached hydrogen (secondary N) is 2. The minimum absolute atomic E-state index is 0.0542. The summed E-state index contributed by atoms with van der Waals surface area (Å²) in [5.41, 5.74) is 1.52. The van der Waals surface area contributed by atoms with Gasteiger partial charge in [0, 0.05) is 31.4 Å². The Hall–Kier alpha value is -3.35. The van der Waals surface area contributed by atoms with Gasteiger partial charge in [-0.1, -0.05) is 18.2 Å². The number of hydrogen-bond acceptors (Lipinski definition) is 4. The van der Waals surface area contributed by atoms with Gasteiger partial charge >= 0.3 is 11.8 Å². The van der Waals surface area contributed by atoms with E-state index >= 15 is 0 Å². The van der Waals surface area contributed by atoms with E-state index in [4.69, 9.17) is 4.42 Å². The van der Waals surface area contributed by atoms with Crippen LogP contribution in [0.25, 0.3) is 6.08 Å². The predicted molar refractivity (Wildman–Crippen MR) is 110 cm³/mol. The molecule has 0 aliphatic carbocycles. The molecular weight excluding hydrogens is 370 g/mol. The zero-order chi connectivity index (χ0) is 20.6. The third-order valence-electron chi connectivity index (χ3n) is 5.01. The maximum Gasteiger partial charge on any atom is 0.313 e. The number of carbonyl (C=O) groups is 3. The van der Waals surface area contributed by atoms with Gasteiger partial charge in [0.2, 0.25) is 5.91 Å². The van der Waals surface area contributed by atoms with Gasteiger partial charge in [-0.15, -0.1) is 0 Å². The van der Waals surface area contributed by atoms with Gasteiger partial charge in [-0.25, -0.2) is 0 Å². The number of aryl methyl sites for hydroxylation is 1. The number of benzene rings is 1. The van der Waals surface area contributed by atoms with Crippen molar-refractivity contribution in [3.05, 3.63) is 60.1 Å². The van der Waals surface area contributed by atoms with E-state index in [1.807, 2.05) is 19.1 Å². The van der Waals surface area contributed by atoms with E-state index in [9.17, 15) is 14.4 Å². The normalized spacial score (nSPS) is 14.7. The van der Waals surface area contributed by atoms with Gasteiger partial charge < -0.3 is 20.0 Å². The molecule has 0 spiro atoms. The Balaban J connectivity index is 1.39. The van der Waals surface area contributed by atoms with Crippen molar-refractivity contribution in [3.8, 4) is 0 Å². The van der Waals surface area contributed by atoms with Crippen LogP contribution < -0.4 is 10.6 Å². The summed E-state index contributed by atoms with van der Waals surface area (Å²) in [7, 11) is 0. The van der Waals surface area contributed by atoms with Crippen molar-refractivity contribution in [2.45, 2.75) is 19.8 Å². The molecule has 3 rings (SSSR count). The molecule has 1 aromatic carbocycles. The Morgan fingerprint density at radius 1 is 1.10 bits per heavy atom. The van der Waals surface area contributed by atoms with Crippen molar-refractivity contribution in [1.82, 2.24) is 10.2 Å². The molecule has 0 atom stereocenters. The lowest BCUT2D eigenvalue weighted by Crippen LogP contribution is -2.43. The molecule has 0 bridgehead atoms. The van der Waals surface area contributed by atoms with Crippen LogP contribution in [0.3, 0.4) is 0 Å². The Labute approximate surface area is 169 Å². The number of para-hydroxylation sites is 1. The molecule has 2 aromatic rings. The first kappa shape index (κ1) is 20.4. The molecule has 1 aliphatic heterocycles. The highest BCUT2D eigenvalue weighted by atomic mass is 16.3. The smallest absolute Gasteiger partial charge is 0.313 e. The summed E-state index contributed by atoms with van der Waals surface area (Å²) in [6.45, 7) is 3.53. The summed E-state index contributed by atoms with van der Waals surface area (Å²) in [6, 6.07) is 10.9. The molecule has 152 valence electrons. The van der Waals surface area contributed by atoms with Crippen LogP contribution in [0.4, 0.5) is 5.69 Å². The molecule has 29 heavy (non-hydrogen) atoms. The number of rotatable bonds is 5. The highest BCUT2D eigenvalue weighted by Gasteiger charge is 2.23. The lowest BCUT2D eigenvalue weighted by Gasteiger charge is -2.31. The second-order valence-electron chi connectivity index (χ2n) is 7.10. The minimum atomic E-state index is -0.671. The van der Waals surface area contributed by atoms with E-state index in [0.29, 0.717) is 31.1 Å². The van der Waals surface area contributed by atoms with Gasteiger partial charge in [-0.2, -0.15) is 0 Å². The van der Waals surface area contributed by atoms with Crippen LogP contribution in [0.15, 0.2) is 53.2 Å². The molecule has 2 N–H and O–H groups in total. The fourth-order valence-electron chi connectivity index (χ4n) is 3.21. The number of anilines is 1. The summed E-state index contributed by atoms with van der Waals surface area (Å²) in [5.74, 6) is -0.493. The van der Waals surface area contributed by atoms with Crippen molar-refractivity contribution < 1.29 is 18.8 Å². The third kappa shape index (κ3) is 5.81. The fraction of sp³-hybridized carbons (Fsp3) is 0.318. The van der Waals surface area contributed by atoms with Gasteiger partial charge in [0.25, 0.3) is 0 Å². The molecule has 2 heterocycles. The van der Waals surface area contributed by atoms with E-state index in [1.165, 1.54) is 6.08 Å². The zero-order valence-electron chi connectivity index (χ0n) is 16.4. The average Bonchev–Trinajstić information content (AvgIpc) is 3.26. The van der Waals surface area contributed by atoms with Crippen LogP contribution in [0, 0.1) is 12.8 Å². The lowest BCUT2D eigenvalue weighted by molar-refractivity contribution is -0.136. The summed E-state index contributed by atoms with van der Waals surface area (Å²) in [4.78, 5) is 38.1. The summed E-state index contributed by atoms with van der Waals surface area (Å²) < 4.78 is 5.18. The Morgan fingerprint density at radius 2 is 1.86 bits per heavy atom. The summed E-state index contributed by atoms with van der Waals surface area (Å²) >= 11 is 0. The summed E-state index contributed by atoms with van der Waals surface area (Å²) in [5, 5.41) is 5.32. The van der Waals surface area contributed by atoms with E-state index in [2.05, 4.69) is 10.6 Å². The maximum absolute atomic E-state index is 12.2. The molecule has 1 fully saturated rings. The molecule has 7 nitrogen and oxygen atoms in total. The van der Waals surface area contributed by atoms with E-state index in [-0.39, 0.29) is 11.8 Å². The predicted octanol–water partition coefficient (Wildman–Crippen LogP) is 2.59. The highest BCUT2D eigenvalue weighted by molar-refractivity contribution is 6.39. The Bertz CT molecular complexity index is 881. The first-order valence-corrected chi connectivity index (χ1v) is 9.68. The van der Waals surface area contributed by atoms with Gasteiger partial charge in [-0.3, -0.25) is 14.4 Å². The van der Waals surface area contributed by atoms with Crippen molar-refractivity contribution in [1.29, 1.82) is 0 Å². The Morgan fingerprint density at radius 3 is 2.55 bits per heavy atom. The van der Waals surface area contributed by atoms with E-state index in [1.54, 1.807) is 41.5 Å². The van der Waals surface area contributed by atoms with Crippen molar-refractivity contribution >= 4 is 29.5 Å². The largest absolute Gasteiger partial charge is 0.465 e. The van der Waals surface area contributed by atoms with Gasteiger partial charge in [-0.05, 0) is 55.5 Å². The van der Waals surface area contributed by atoms with Gasteiger partial charge in [0.1, 0.15) is 5.76 Å². The molecule has 1 aromatic heterocycles. The third-order valence-corrected chi connectivity index (χ3v) is 5.01. The van der Waals surface area contributed by atoms with E-state index in [0.717, 1.165) is 18.4 Å². The molecule has 3 amide bonds. The van der Waals surface area contributed by atoms with Crippen LogP contribution in [0.5, 0.6) is 0 Å². The van der Waals surface area contributed by atoms with Crippen LogP contribution in [-0.2, 0) is 14.4 Å². The number of hydrogen-bond donors (Lipinski definition) is 2. The molecule has 7 heteroatoms. The minimum Gasteiger partial charge on any atom is -0.465 e. The fourth-order valence-corrected chi connectivity index (χ4v) is 3.21. The quantitative estimate of drug-likeness (QED) is 0.601. The lowest BCUT2D eigenvalue weighted by atomic mass is 9.96. The van der Waals surface area contributed by atoms with Crippen molar-refractivity contribution in [3.63, 3.8) is 0 Å². The van der Waals surface area contributed by atoms with Crippen LogP contribution in [-0.4, -0.2) is 42.3 Å². The average molecular weight is 395 g/mol. The van der Waals surface area contributed by atoms with Crippen molar-refractivity contribution in [2.75, 3.05) is 25.0 Å². The SMILES string of the molecule is Cc1ccccc1NC(=O)C(=O)NCC1CCN(C(=O)/C=C/c2ccco2)CC1. The van der Waals surface area contributed by atoms with Crippen molar-refractivity contribution in [2.24, 2.45) is 5.92 Å². The van der Waals surface area contributed by atoms with E-state index < -0.39 is 11.8 Å². The standard InChI is InChI=1S/C22H25N3O4/c1-16-5-2-3-7-19(16)24-22(28)21(27)23-15-17-10-12-25(13-11-17)20(26)9-8-18-6-4-14-29-18/h2-9,14,17H,10-13,15H2,1H3,(H,23,27)(H,24,28)/b9-8+. The zero-order valence-corrected chi connectivity index (χ0v) is 16.4. The van der Waals surface area contributed by atoms with Crippen LogP contribution in [0.2, 0.25) is 0 Å². The number of nitrogens with zero attached hydrogens (tertiary/aromatic N) is 1. The second-order valence-corrected chi connectivity index (χ2v) is 7.10. The Kier molecular flexibility index (Phi) is 6.84. The molecule has 0 saturated carbocycles. The number of carbonyl (C=O) groups excluding carboxylic acids is 3. The topological polar surface area (TPSA) is 91.7 Å². The summed E-state index contributed by atoms with van der Waals surface area (Å²) in [6.07, 6.45) is 6.28. The number of piperidine rings is 1. The molecule has 1 saturated heterocycles.